The van der Waals surface area contributed by atoms with Crippen LogP contribution in [0.1, 0.15) is 251 Å². The molecule has 1 aliphatic rings. The van der Waals surface area contributed by atoms with E-state index in [9.17, 15) is 43.3 Å². The van der Waals surface area contributed by atoms with Gasteiger partial charge in [0.15, 0.2) is 6.29 Å². The van der Waals surface area contributed by atoms with Gasteiger partial charge in [0.2, 0.25) is 5.91 Å². The average molecular weight is 964 g/mol. The largest absolute Gasteiger partial charge is 0.397 e. The van der Waals surface area contributed by atoms with Gasteiger partial charge in [-0.25, -0.2) is 4.18 Å². The van der Waals surface area contributed by atoms with Crippen molar-refractivity contribution in [3.05, 3.63) is 12.2 Å². The first-order valence-electron chi connectivity index (χ1n) is 27.2. The molecule has 1 amide bonds. The molecule has 7 N–H and O–H groups in total. The quantitative estimate of drug-likeness (QED) is 0.0172. The Morgan fingerprint density at radius 3 is 1.36 bits per heavy atom. The second kappa shape index (κ2) is 42.7. The summed E-state index contributed by atoms with van der Waals surface area (Å²) < 4.78 is 47.8. The summed E-state index contributed by atoms with van der Waals surface area (Å²) in [7, 11) is -5.11. The van der Waals surface area contributed by atoms with Crippen LogP contribution in [0.4, 0.5) is 0 Å². The van der Waals surface area contributed by atoms with E-state index >= 15 is 0 Å². The van der Waals surface area contributed by atoms with E-state index in [2.05, 4.69) is 35.5 Å². The van der Waals surface area contributed by atoms with Crippen molar-refractivity contribution in [3.8, 4) is 0 Å². The number of allylic oxidation sites excluding steroid dienone is 2. The zero-order chi connectivity index (χ0) is 48.5. The molecule has 1 rings (SSSR count). The van der Waals surface area contributed by atoms with Crippen molar-refractivity contribution in [1.29, 1.82) is 0 Å². The predicted octanol–water partition coefficient (Wildman–Crippen LogP) is 10.9. The molecule has 14 heteroatoms. The molecule has 13 nitrogen and oxygen atoms in total. The molecule has 0 aromatic carbocycles. The van der Waals surface area contributed by atoms with Crippen LogP contribution in [0.5, 0.6) is 0 Å². The third kappa shape index (κ3) is 34.2. The van der Waals surface area contributed by atoms with Crippen LogP contribution in [0.25, 0.3) is 0 Å². The van der Waals surface area contributed by atoms with Crippen LogP contribution < -0.4 is 5.32 Å². The molecule has 0 spiro atoms. The summed E-state index contributed by atoms with van der Waals surface area (Å²) in [6.45, 7) is 3.31. The van der Waals surface area contributed by atoms with Crippen LogP contribution in [0, 0.1) is 0 Å². The Labute approximate surface area is 403 Å². The van der Waals surface area contributed by atoms with Gasteiger partial charge >= 0.3 is 10.4 Å². The molecular formula is C52H101NO12S. The minimum Gasteiger partial charge on any atom is -0.394 e. The third-order valence-electron chi connectivity index (χ3n) is 13.2. The number of hydrogen-bond acceptors (Lipinski definition) is 11. The zero-order valence-corrected chi connectivity index (χ0v) is 42.7. The number of aliphatic hydroxyl groups excluding tert-OH is 5. The fourth-order valence-corrected chi connectivity index (χ4v) is 9.38. The topological polar surface area (TPSA) is 212 Å². The van der Waals surface area contributed by atoms with Crippen LogP contribution in [-0.4, -0.2) is 107 Å². The first kappa shape index (κ1) is 62.8. The minimum atomic E-state index is -5.11. The SMILES string of the molecule is CCCCCCCC/C=C\CCCCCCCCC(O)C(=O)NC(COC1OC(CO)C(O)C(OS(=O)(=O)O)C1O)C(O)CCCCCCCCCCCCCCCCCCCCCCC. The van der Waals surface area contributed by atoms with Crippen molar-refractivity contribution >= 4 is 16.3 Å². The van der Waals surface area contributed by atoms with Crippen molar-refractivity contribution in [1.82, 2.24) is 5.32 Å². The average Bonchev–Trinajstić information content (AvgIpc) is 3.29. The van der Waals surface area contributed by atoms with Crippen LogP contribution in [-0.2, 0) is 28.9 Å². The Morgan fingerprint density at radius 1 is 0.591 bits per heavy atom. The zero-order valence-electron chi connectivity index (χ0n) is 41.9. The third-order valence-corrected chi connectivity index (χ3v) is 13.6. The van der Waals surface area contributed by atoms with E-state index in [1.165, 1.54) is 148 Å². The fraction of sp³-hybridized carbons (Fsp3) is 0.942. The normalized spacial score (nSPS) is 20.5. The lowest BCUT2D eigenvalue weighted by Gasteiger charge is -2.41. The van der Waals surface area contributed by atoms with Gasteiger partial charge in [0.1, 0.15) is 30.5 Å². The molecule has 392 valence electrons. The van der Waals surface area contributed by atoms with E-state index in [1.54, 1.807) is 0 Å². The minimum absolute atomic E-state index is 0.255. The van der Waals surface area contributed by atoms with Crippen molar-refractivity contribution < 1.29 is 57.0 Å². The van der Waals surface area contributed by atoms with Gasteiger partial charge in [-0.3, -0.25) is 9.35 Å². The van der Waals surface area contributed by atoms with Crippen LogP contribution in [0.2, 0.25) is 0 Å². The summed E-state index contributed by atoms with van der Waals surface area (Å²) in [5.41, 5.74) is 0. The van der Waals surface area contributed by atoms with Gasteiger partial charge in [-0.1, -0.05) is 225 Å². The predicted molar refractivity (Wildman–Crippen MR) is 265 cm³/mol. The highest BCUT2D eigenvalue weighted by Gasteiger charge is 2.48. The molecule has 0 radical (unpaired) electrons. The van der Waals surface area contributed by atoms with Crippen molar-refractivity contribution in [2.75, 3.05) is 13.2 Å². The van der Waals surface area contributed by atoms with Crippen LogP contribution in [0.3, 0.4) is 0 Å². The highest BCUT2D eigenvalue weighted by atomic mass is 32.3. The first-order chi connectivity index (χ1) is 31.9. The Kier molecular flexibility index (Phi) is 40.6. The summed E-state index contributed by atoms with van der Waals surface area (Å²) >= 11 is 0. The number of rotatable bonds is 47. The number of unbranched alkanes of at least 4 members (excludes halogenated alkanes) is 32. The summed E-state index contributed by atoms with van der Waals surface area (Å²) in [5, 5.41) is 55.6. The lowest BCUT2D eigenvalue weighted by Crippen LogP contribution is -2.61. The summed E-state index contributed by atoms with van der Waals surface area (Å²) in [6, 6.07) is -1.03. The number of ether oxygens (including phenoxy) is 2. The second-order valence-electron chi connectivity index (χ2n) is 19.3. The number of carbonyl (C=O) groups excluding carboxylic acids is 1. The molecule has 66 heavy (non-hydrogen) atoms. The highest BCUT2D eigenvalue weighted by molar-refractivity contribution is 7.80. The first-order valence-corrected chi connectivity index (χ1v) is 28.5. The van der Waals surface area contributed by atoms with E-state index in [-0.39, 0.29) is 6.42 Å². The summed E-state index contributed by atoms with van der Waals surface area (Å²) in [6.07, 6.45) is 36.7. The van der Waals surface area contributed by atoms with Gasteiger partial charge < -0.3 is 40.3 Å². The van der Waals surface area contributed by atoms with Gasteiger partial charge in [-0.05, 0) is 38.5 Å². The second-order valence-corrected chi connectivity index (χ2v) is 20.4. The Hall–Kier alpha value is -1.20. The molecule has 0 aliphatic carbocycles. The maximum absolute atomic E-state index is 13.2. The molecule has 1 fully saturated rings. The Morgan fingerprint density at radius 2 is 0.970 bits per heavy atom. The molecule has 1 saturated heterocycles. The van der Waals surface area contributed by atoms with E-state index in [4.69, 9.17) is 9.47 Å². The molecule has 0 saturated carbocycles. The van der Waals surface area contributed by atoms with Crippen molar-refractivity contribution in [3.63, 3.8) is 0 Å². The lowest BCUT2D eigenvalue weighted by molar-refractivity contribution is -0.298. The molecular weight excluding hydrogens is 863 g/mol. The number of nitrogens with one attached hydrogen (secondary N) is 1. The molecule has 1 aliphatic heterocycles. The molecule has 1 heterocycles. The van der Waals surface area contributed by atoms with Gasteiger partial charge in [0.05, 0.1) is 25.4 Å². The monoisotopic (exact) mass is 964 g/mol. The molecule has 0 bridgehead atoms. The number of aliphatic hydroxyl groups is 5. The van der Waals surface area contributed by atoms with Gasteiger partial charge in [0.25, 0.3) is 0 Å². The summed E-state index contributed by atoms with van der Waals surface area (Å²) in [4.78, 5) is 13.2. The molecule has 0 aromatic rings. The maximum Gasteiger partial charge on any atom is 0.397 e. The standard InChI is InChI=1S/C52H101NO12S/c1-3-5-7-9-11-13-15-17-19-21-22-23-24-25-27-28-30-32-34-36-38-40-45(55)44(43-63-52-49(58)50(65-66(60,61)62)48(57)47(42-54)64-52)53-51(59)46(56)41-39-37-35-33-31-29-26-20-18-16-14-12-10-8-6-4-2/h18,20,44-50,52,54-58H,3-17,19,21-43H2,1-2H3,(H,53,59)(H,60,61,62)/b20-18-. The van der Waals surface area contributed by atoms with E-state index in [0.717, 1.165) is 64.2 Å². The van der Waals surface area contributed by atoms with E-state index in [1.807, 2.05) is 0 Å². The fourth-order valence-electron chi connectivity index (χ4n) is 8.87. The molecule has 8 unspecified atom stereocenters. The molecule has 8 atom stereocenters. The van der Waals surface area contributed by atoms with Crippen molar-refractivity contribution in [2.45, 2.75) is 300 Å². The van der Waals surface area contributed by atoms with E-state index < -0.39 is 78.5 Å². The number of amides is 1. The van der Waals surface area contributed by atoms with Crippen LogP contribution >= 0.6 is 0 Å². The van der Waals surface area contributed by atoms with Gasteiger partial charge in [0, 0.05) is 0 Å². The summed E-state index contributed by atoms with van der Waals surface area (Å²) in [5.74, 6) is -0.671. The number of hydrogen-bond donors (Lipinski definition) is 7. The smallest absolute Gasteiger partial charge is 0.394 e. The lowest BCUT2D eigenvalue weighted by atomic mass is 9.99. The van der Waals surface area contributed by atoms with E-state index in [0.29, 0.717) is 19.3 Å². The number of carbonyl (C=O) groups is 1. The van der Waals surface area contributed by atoms with Crippen LogP contribution in [0.15, 0.2) is 12.2 Å². The van der Waals surface area contributed by atoms with Gasteiger partial charge in [-0.2, -0.15) is 8.42 Å². The Balaban J connectivity index is 2.45. The highest BCUT2D eigenvalue weighted by Crippen LogP contribution is 2.26. The Bertz CT molecular complexity index is 1240. The van der Waals surface area contributed by atoms with Gasteiger partial charge in [-0.15, -0.1) is 0 Å². The van der Waals surface area contributed by atoms with Crippen molar-refractivity contribution in [2.24, 2.45) is 0 Å². The molecule has 0 aromatic heterocycles. The maximum atomic E-state index is 13.2.